The Morgan fingerprint density at radius 1 is 1.15 bits per heavy atom. The molecule has 0 amide bonds. The lowest BCUT2D eigenvalue weighted by atomic mass is 9.98. The third kappa shape index (κ3) is 3.59. The zero-order chi connectivity index (χ0) is 14.7. The summed E-state index contributed by atoms with van der Waals surface area (Å²) in [6.45, 7) is 0. The molecule has 2 nitrogen and oxygen atoms in total. The van der Waals surface area contributed by atoms with E-state index in [9.17, 15) is 4.39 Å². The Labute approximate surface area is 134 Å². The topological polar surface area (TPSA) is 35.2 Å². The van der Waals surface area contributed by atoms with Crippen LogP contribution >= 0.6 is 31.9 Å². The van der Waals surface area contributed by atoms with Gasteiger partial charge in [0.05, 0.1) is 7.11 Å². The Morgan fingerprint density at radius 2 is 1.80 bits per heavy atom. The molecule has 2 aromatic rings. The summed E-state index contributed by atoms with van der Waals surface area (Å²) in [7, 11) is 1.60. The third-order valence-corrected chi connectivity index (χ3v) is 4.04. The fourth-order valence-corrected chi connectivity index (χ4v) is 2.70. The highest BCUT2D eigenvalue weighted by molar-refractivity contribution is 9.10. The molecule has 0 aliphatic carbocycles. The molecular weight excluding hydrogens is 389 g/mol. The van der Waals surface area contributed by atoms with Gasteiger partial charge in [-0.1, -0.05) is 44.0 Å². The predicted octanol–water partition coefficient (Wildman–Crippen LogP) is 4.60. The second-order valence-electron chi connectivity index (χ2n) is 4.43. The number of halogens is 3. The minimum Gasteiger partial charge on any atom is -0.496 e. The number of rotatable bonds is 4. The van der Waals surface area contributed by atoms with Gasteiger partial charge in [0.25, 0.3) is 0 Å². The van der Waals surface area contributed by atoms with Crippen LogP contribution in [0.1, 0.15) is 17.2 Å². The molecule has 0 radical (unpaired) electrons. The van der Waals surface area contributed by atoms with Crippen LogP contribution in [0.4, 0.5) is 4.39 Å². The summed E-state index contributed by atoms with van der Waals surface area (Å²) in [6.07, 6.45) is 0.414. The Kier molecular flexibility index (Phi) is 5.18. The second-order valence-corrected chi connectivity index (χ2v) is 6.26. The molecule has 5 heteroatoms. The molecule has 1 unspecified atom stereocenters. The van der Waals surface area contributed by atoms with Crippen molar-refractivity contribution in [3.63, 3.8) is 0 Å². The molecule has 20 heavy (non-hydrogen) atoms. The first-order valence-corrected chi connectivity index (χ1v) is 7.63. The van der Waals surface area contributed by atoms with E-state index >= 15 is 0 Å². The molecular formula is C15H14Br2FNO. The zero-order valence-electron chi connectivity index (χ0n) is 10.9. The van der Waals surface area contributed by atoms with Gasteiger partial charge in [-0.05, 0) is 36.2 Å². The Morgan fingerprint density at radius 3 is 2.45 bits per heavy atom. The van der Waals surface area contributed by atoms with Crippen molar-refractivity contribution in [2.24, 2.45) is 5.73 Å². The van der Waals surface area contributed by atoms with Crippen molar-refractivity contribution < 1.29 is 9.13 Å². The van der Waals surface area contributed by atoms with Gasteiger partial charge in [0, 0.05) is 20.6 Å². The first kappa shape index (κ1) is 15.5. The summed E-state index contributed by atoms with van der Waals surface area (Å²) < 4.78 is 20.8. The largest absolute Gasteiger partial charge is 0.496 e. The van der Waals surface area contributed by atoms with Gasteiger partial charge >= 0.3 is 0 Å². The molecule has 1 atom stereocenters. The number of benzene rings is 2. The van der Waals surface area contributed by atoms with E-state index in [1.54, 1.807) is 13.2 Å². The van der Waals surface area contributed by atoms with E-state index in [2.05, 4.69) is 31.9 Å². The van der Waals surface area contributed by atoms with Gasteiger partial charge in [-0.15, -0.1) is 0 Å². The van der Waals surface area contributed by atoms with Crippen molar-refractivity contribution in [2.45, 2.75) is 12.5 Å². The van der Waals surface area contributed by atoms with Gasteiger partial charge in [0.1, 0.15) is 11.6 Å². The van der Waals surface area contributed by atoms with E-state index in [0.29, 0.717) is 22.2 Å². The highest BCUT2D eigenvalue weighted by Crippen LogP contribution is 2.30. The Bertz CT molecular complexity index is 619. The maximum atomic E-state index is 13.8. The lowest BCUT2D eigenvalue weighted by Gasteiger charge is -2.16. The van der Waals surface area contributed by atoms with Crippen molar-refractivity contribution >= 4 is 31.9 Å². The van der Waals surface area contributed by atoms with Crippen molar-refractivity contribution in [2.75, 3.05) is 7.11 Å². The maximum absolute atomic E-state index is 13.8. The first-order valence-electron chi connectivity index (χ1n) is 6.04. The van der Waals surface area contributed by atoms with Crippen LogP contribution in [-0.4, -0.2) is 7.11 Å². The van der Waals surface area contributed by atoms with Crippen LogP contribution < -0.4 is 10.5 Å². The van der Waals surface area contributed by atoms with Crippen molar-refractivity contribution in [1.29, 1.82) is 0 Å². The summed E-state index contributed by atoms with van der Waals surface area (Å²) in [4.78, 5) is 0. The number of ether oxygens (including phenoxy) is 1. The van der Waals surface area contributed by atoms with Crippen LogP contribution in [0.3, 0.4) is 0 Å². The Balaban J connectivity index is 2.25. The number of hydrogen-bond donors (Lipinski definition) is 1. The van der Waals surface area contributed by atoms with Gasteiger partial charge in [-0.3, -0.25) is 0 Å². The molecule has 0 saturated heterocycles. The molecule has 106 valence electrons. The van der Waals surface area contributed by atoms with E-state index in [4.69, 9.17) is 10.5 Å². The van der Waals surface area contributed by atoms with Gasteiger partial charge in [-0.2, -0.15) is 0 Å². The quantitative estimate of drug-likeness (QED) is 0.810. The minimum atomic E-state index is -0.325. The first-order chi connectivity index (χ1) is 9.51. The van der Waals surface area contributed by atoms with Crippen LogP contribution in [-0.2, 0) is 6.42 Å². The SMILES string of the molecule is COc1cc(Br)ccc1C(N)Cc1ccc(Br)cc1F. The van der Waals surface area contributed by atoms with Crippen LogP contribution in [0.2, 0.25) is 0 Å². The molecule has 0 spiro atoms. The minimum absolute atomic E-state index is 0.258. The third-order valence-electron chi connectivity index (χ3n) is 3.05. The van der Waals surface area contributed by atoms with Crippen LogP contribution in [0, 0.1) is 5.82 Å². The normalized spacial score (nSPS) is 12.2. The molecule has 0 aromatic heterocycles. The monoisotopic (exact) mass is 401 g/mol. The van der Waals surface area contributed by atoms with Crippen LogP contribution in [0.5, 0.6) is 5.75 Å². The smallest absolute Gasteiger partial charge is 0.127 e. The molecule has 2 aromatic carbocycles. The molecule has 0 saturated carbocycles. The van der Waals surface area contributed by atoms with Crippen LogP contribution in [0.15, 0.2) is 45.3 Å². The van der Waals surface area contributed by atoms with Gasteiger partial charge in [-0.25, -0.2) is 4.39 Å². The number of hydrogen-bond acceptors (Lipinski definition) is 2. The molecule has 0 heterocycles. The van der Waals surface area contributed by atoms with Crippen molar-refractivity contribution in [3.8, 4) is 5.75 Å². The summed E-state index contributed by atoms with van der Waals surface area (Å²) in [5, 5.41) is 0. The lowest BCUT2D eigenvalue weighted by Crippen LogP contribution is -2.15. The average molecular weight is 403 g/mol. The molecule has 0 aliphatic heterocycles. The van der Waals surface area contributed by atoms with E-state index in [0.717, 1.165) is 10.0 Å². The number of methoxy groups -OCH3 is 1. The summed E-state index contributed by atoms with van der Waals surface area (Å²) >= 11 is 6.63. The van der Waals surface area contributed by atoms with E-state index < -0.39 is 0 Å². The van der Waals surface area contributed by atoms with E-state index in [1.165, 1.54) is 6.07 Å². The van der Waals surface area contributed by atoms with Crippen molar-refractivity contribution in [3.05, 3.63) is 62.3 Å². The van der Waals surface area contributed by atoms with Gasteiger partial charge in [0.2, 0.25) is 0 Å². The van der Waals surface area contributed by atoms with Gasteiger partial charge < -0.3 is 10.5 Å². The highest BCUT2D eigenvalue weighted by Gasteiger charge is 2.15. The van der Waals surface area contributed by atoms with Crippen molar-refractivity contribution in [1.82, 2.24) is 0 Å². The molecule has 2 N–H and O–H groups in total. The molecule has 0 aliphatic rings. The molecule has 0 bridgehead atoms. The standard InChI is InChI=1S/C15H14Br2FNO/c1-20-15-8-11(17)4-5-12(15)14(19)6-9-2-3-10(16)7-13(9)18/h2-5,7-8,14H,6,19H2,1H3. The van der Waals surface area contributed by atoms with Gasteiger partial charge in [0.15, 0.2) is 0 Å². The highest BCUT2D eigenvalue weighted by atomic mass is 79.9. The second kappa shape index (κ2) is 6.70. The zero-order valence-corrected chi connectivity index (χ0v) is 14.0. The van der Waals surface area contributed by atoms with Crippen LogP contribution in [0.25, 0.3) is 0 Å². The number of nitrogens with two attached hydrogens (primary N) is 1. The lowest BCUT2D eigenvalue weighted by molar-refractivity contribution is 0.405. The van der Waals surface area contributed by atoms with E-state index in [1.807, 2.05) is 24.3 Å². The summed E-state index contributed by atoms with van der Waals surface area (Å²) in [5.74, 6) is 0.440. The molecule has 2 rings (SSSR count). The summed E-state index contributed by atoms with van der Waals surface area (Å²) in [5.41, 5.74) is 7.63. The predicted molar refractivity (Wildman–Crippen MR) is 85.4 cm³/mol. The van der Waals surface area contributed by atoms with E-state index in [-0.39, 0.29) is 11.9 Å². The average Bonchev–Trinajstić information content (AvgIpc) is 2.41. The fourth-order valence-electron chi connectivity index (χ4n) is 2.03. The Hall–Kier alpha value is -0.910. The fraction of sp³-hybridized carbons (Fsp3) is 0.200. The maximum Gasteiger partial charge on any atom is 0.127 e. The summed E-state index contributed by atoms with van der Waals surface area (Å²) in [6, 6.07) is 10.3. The molecule has 0 fully saturated rings.